The van der Waals surface area contributed by atoms with Crippen molar-refractivity contribution in [2.75, 3.05) is 12.1 Å². The largest absolute Gasteiger partial charge is 0.489 e. The van der Waals surface area contributed by atoms with Gasteiger partial charge in [-0.1, -0.05) is 30.3 Å². The fraction of sp³-hybridized carbons (Fsp3) is 0.182. The molecule has 0 aliphatic rings. The maximum atomic E-state index is 13.2. The molecule has 0 saturated heterocycles. The van der Waals surface area contributed by atoms with E-state index in [2.05, 4.69) is 0 Å². The van der Waals surface area contributed by atoms with Gasteiger partial charge in [-0.3, -0.25) is 0 Å². The zero-order valence-electron chi connectivity index (χ0n) is 15.3. The normalized spacial score (nSPS) is 10.7. The number of hydrogen-bond donors (Lipinski definition) is 1. The van der Waals surface area contributed by atoms with Crippen molar-refractivity contribution in [2.24, 2.45) is 5.84 Å². The Balaban J connectivity index is 1.86. The summed E-state index contributed by atoms with van der Waals surface area (Å²) >= 11 is 0. The van der Waals surface area contributed by atoms with E-state index >= 15 is 0 Å². The molecule has 3 aromatic carbocycles. The lowest BCUT2D eigenvalue weighted by Crippen LogP contribution is -2.26. The SMILES string of the molecule is Cc1ccc(OCc2c(C)cccc2N(C)N)cc1-c1ccc(F)cc1. The highest BCUT2D eigenvalue weighted by Gasteiger charge is 2.10. The number of aryl methyl sites for hydroxylation is 2. The van der Waals surface area contributed by atoms with Gasteiger partial charge in [-0.25, -0.2) is 10.2 Å². The summed E-state index contributed by atoms with van der Waals surface area (Å²) in [5.74, 6) is 6.46. The van der Waals surface area contributed by atoms with Crippen molar-refractivity contribution >= 4 is 5.69 Å². The summed E-state index contributed by atoms with van der Waals surface area (Å²) in [6.07, 6.45) is 0. The van der Waals surface area contributed by atoms with Gasteiger partial charge in [0.2, 0.25) is 0 Å². The third-order valence-electron chi connectivity index (χ3n) is 4.51. The second-order valence-electron chi connectivity index (χ2n) is 6.46. The van der Waals surface area contributed by atoms with E-state index in [4.69, 9.17) is 10.6 Å². The third-order valence-corrected chi connectivity index (χ3v) is 4.51. The molecule has 3 nitrogen and oxygen atoms in total. The molecule has 0 saturated carbocycles. The first kappa shape index (κ1) is 18.0. The van der Waals surface area contributed by atoms with E-state index in [9.17, 15) is 4.39 Å². The van der Waals surface area contributed by atoms with Gasteiger partial charge in [0.1, 0.15) is 18.2 Å². The molecule has 0 spiro atoms. The lowest BCUT2D eigenvalue weighted by molar-refractivity contribution is 0.305. The molecule has 0 fully saturated rings. The molecular weight excluding hydrogens is 327 g/mol. The summed E-state index contributed by atoms with van der Waals surface area (Å²) in [5, 5.41) is 1.60. The Morgan fingerprint density at radius 1 is 0.962 bits per heavy atom. The first-order valence-corrected chi connectivity index (χ1v) is 8.52. The third kappa shape index (κ3) is 3.86. The monoisotopic (exact) mass is 350 g/mol. The van der Waals surface area contributed by atoms with Gasteiger partial charge in [0.15, 0.2) is 0 Å². The van der Waals surface area contributed by atoms with Crippen LogP contribution in [-0.4, -0.2) is 7.05 Å². The molecule has 3 rings (SSSR count). The van der Waals surface area contributed by atoms with Crippen LogP contribution in [0.15, 0.2) is 60.7 Å². The second kappa shape index (κ2) is 7.58. The van der Waals surface area contributed by atoms with Gasteiger partial charge in [-0.15, -0.1) is 0 Å². The fourth-order valence-corrected chi connectivity index (χ4v) is 2.99. The van der Waals surface area contributed by atoms with Crippen molar-refractivity contribution in [1.82, 2.24) is 0 Å². The van der Waals surface area contributed by atoms with Crippen LogP contribution in [0.3, 0.4) is 0 Å². The van der Waals surface area contributed by atoms with Gasteiger partial charge >= 0.3 is 0 Å². The maximum Gasteiger partial charge on any atom is 0.123 e. The van der Waals surface area contributed by atoms with Crippen LogP contribution in [0.1, 0.15) is 16.7 Å². The molecule has 26 heavy (non-hydrogen) atoms. The highest BCUT2D eigenvalue weighted by Crippen LogP contribution is 2.29. The number of anilines is 1. The Hall–Kier alpha value is -2.85. The van der Waals surface area contributed by atoms with Crippen LogP contribution in [0.2, 0.25) is 0 Å². The Kier molecular flexibility index (Phi) is 5.24. The molecule has 0 atom stereocenters. The number of nitrogens with two attached hydrogens (primary N) is 1. The van der Waals surface area contributed by atoms with E-state index in [0.29, 0.717) is 6.61 Å². The Morgan fingerprint density at radius 3 is 2.38 bits per heavy atom. The first-order chi connectivity index (χ1) is 12.5. The smallest absolute Gasteiger partial charge is 0.123 e. The maximum absolute atomic E-state index is 13.2. The van der Waals surface area contributed by atoms with Gasteiger partial charge in [-0.2, -0.15) is 0 Å². The molecule has 4 heteroatoms. The molecular formula is C22H23FN2O. The number of hydrogen-bond acceptors (Lipinski definition) is 3. The lowest BCUT2D eigenvalue weighted by Gasteiger charge is -2.19. The predicted octanol–water partition coefficient (Wildman–Crippen LogP) is 5.00. The zero-order chi connectivity index (χ0) is 18.7. The molecule has 0 aliphatic carbocycles. The quantitative estimate of drug-likeness (QED) is 0.520. The van der Waals surface area contributed by atoms with Crippen LogP contribution in [0.4, 0.5) is 10.1 Å². The minimum Gasteiger partial charge on any atom is -0.489 e. The average Bonchev–Trinajstić information content (AvgIpc) is 2.62. The number of hydrazine groups is 1. The molecule has 0 radical (unpaired) electrons. The van der Waals surface area contributed by atoms with E-state index in [1.807, 2.05) is 57.3 Å². The van der Waals surface area contributed by atoms with Crippen LogP contribution in [0, 0.1) is 19.7 Å². The number of rotatable bonds is 5. The van der Waals surface area contributed by atoms with Gasteiger partial charge < -0.3 is 9.75 Å². The number of benzene rings is 3. The molecule has 0 bridgehead atoms. The summed E-state index contributed by atoms with van der Waals surface area (Å²) in [5.41, 5.74) is 6.24. The second-order valence-corrected chi connectivity index (χ2v) is 6.46. The number of nitrogens with zero attached hydrogens (tertiary/aromatic N) is 1. The Bertz CT molecular complexity index is 905. The van der Waals surface area contributed by atoms with Crippen molar-refractivity contribution in [3.8, 4) is 16.9 Å². The highest BCUT2D eigenvalue weighted by molar-refractivity contribution is 5.68. The molecule has 134 valence electrons. The average molecular weight is 350 g/mol. The van der Waals surface area contributed by atoms with Gasteiger partial charge in [-0.05, 0) is 66.4 Å². The molecule has 0 amide bonds. The summed E-state index contributed by atoms with van der Waals surface area (Å²) in [6, 6.07) is 18.5. The van der Waals surface area contributed by atoms with Gasteiger partial charge in [0.25, 0.3) is 0 Å². The molecule has 0 aromatic heterocycles. The standard InChI is InChI=1S/C22H23FN2O/c1-15-5-4-6-22(25(3)24)21(15)14-26-19-12-7-16(2)20(13-19)17-8-10-18(23)11-9-17/h4-13H,14,24H2,1-3H3. The van der Waals surface area contributed by atoms with E-state index in [1.54, 1.807) is 17.1 Å². The highest BCUT2D eigenvalue weighted by atomic mass is 19.1. The van der Waals surface area contributed by atoms with Crippen molar-refractivity contribution in [2.45, 2.75) is 20.5 Å². The van der Waals surface area contributed by atoms with Gasteiger partial charge in [0, 0.05) is 12.6 Å². The predicted molar refractivity (Wildman–Crippen MR) is 105 cm³/mol. The van der Waals surface area contributed by atoms with Crippen molar-refractivity contribution in [3.63, 3.8) is 0 Å². The summed E-state index contributed by atoms with van der Waals surface area (Å²) < 4.78 is 19.2. The minimum absolute atomic E-state index is 0.239. The molecule has 2 N–H and O–H groups in total. The molecule has 0 heterocycles. The van der Waals surface area contributed by atoms with E-state index in [-0.39, 0.29) is 5.82 Å². The van der Waals surface area contributed by atoms with Crippen molar-refractivity contribution < 1.29 is 9.13 Å². The Labute approximate surface area is 153 Å². The zero-order valence-corrected chi connectivity index (χ0v) is 15.3. The Morgan fingerprint density at radius 2 is 1.69 bits per heavy atom. The van der Waals surface area contributed by atoms with Crippen LogP contribution in [0.5, 0.6) is 5.75 Å². The molecule has 0 aliphatic heterocycles. The van der Waals surface area contributed by atoms with Crippen LogP contribution in [-0.2, 0) is 6.61 Å². The minimum atomic E-state index is -0.239. The summed E-state index contributed by atoms with van der Waals surface area (Å²) in [7, 11) is 1.82. The van der Waals surface area contributed by atoms with E-state index in [1.165, 1.54) is 12.1 Å². The fourth-order valence-electron chi connectivity index (χ4n) is 2.99. The number of halogens is 1. The number of ether oxygens (including phenoxy) is 1. The van der Waals surface area contributed by atoms with Crippen LogP contribution >= 0.6 is 0 Å². The van der Waals surface area contributed by atoms with Crippen LogP contribution < -0.4 is 15.6 Å². The van der Waals surface area contributed by atoms with Crippen LogP contribution in [0.25, 0.3) is 11.1 Å². The van der Waals surface area contributed by atoms with Gasteiger partial charge in [0.05, 0.1) is 5.69 Å². The molecule has 0 unspecified atom stereocenters. The summed E-state index contributed by atoms with van der Waals surface area (Å²) in [4.78, 5) is 0. The van der Waals surface area contributed by atoms with E-state index < -0.39 is 0 Å². The van der Waals surface area contributed by atoms with Crippen molar-refractivity contribution in [1.29, 1.82) is 0 Å². The van der Waals surface area contributed by atoms with Crippen molar-refractivity contribution in [3.05, 3.63) is 83.2 Å². The topological polar surface area (TPSA) is 38.5 Å². The summed E-state index contributed by atoms with van der Waals surface area (Å²) in [6.45, 7) is 4.51. The van der Waals surface area contributed by atoms with E-state index in [0.717, 1.165) is 39.3 Å². The first-order valence-electron chi connectivity index (χ1n) is 8.52. The molecule has 3 aromatic rings. The lowest BCUT2D eigenvalue weighted by atomic mass is 10.0.